The molecule has 0 saturated heterocycles. The molecule has 1 aliphatic rings. The lowest BCUT2D eigenvalue weighted by atomic mass is 9.93. The number of unbranched alkanes of at least 4 members (excludes halogenated alkanes) is 1. The fourth-order valence-corrected chi connectivity index (χ4v) is 2.94. The molecule has 0 heterocycles. The molecule has 1 fully saturated rings. The van der Waals surface area contributed by atoms with Gasteiger partial charge in [-0.15, -0.1) is 0 Å². The van der Waals surface area contributed by atoms with Gasteiger partial charge in [0, 0.05) is 6.04 Å². The zero-order valence-corrected chi connectivity index (χ0v) is 12.2. The Balaban J connectivity index is 2.03. The molecule has 0 amide bonds. The summed E-state index contributed by atoms with van der Waals surface area (Å²) in [7, 11) is 0. The molecular formula is C17H31N. The van der Waals surface area contributed by atoms with Crippen LogP contribution in [0.2, 0.25) is 0 Å². The topological polar surface area (TPSA) is 12.0 Å². The fourth-order valence-electron chi connectivity index (χ4n) is 2.94. The molecule has 1 N–H and O–H groups in total. The van der Waals surface area contributed by atoms with E-state index in [0.717, 1.165) is 18.9 Å². The van der Waals surface area contributed by atoms with E-state index < -0.39 is 0 Å². The van der Waals surface area contributed by atoms with E-state index >= 15 is 0 Å². The summed E-state index contributed by atoms with van der Waals surface area (Å²) in [5.41, 5.74) is 0. The largest absolute Gasteiger partial charge is 0.314 e. The van der Waals surface area contributed by atoms with Gasteiger partial charge in [0.15, 0.2) is 0 Å². The minimum Gasteiger partial charge on any atom is -0.314 e. The van der Waals surface area contributed by atoms with E-state index in [4.69, 9.17) is 0 Å². The third kappa shape index (κ3) is 7.71. The Morgan fingerprint density at radius 2 is 1.94 bits per heavy atom. The minimum absolute atomic E-state index is 0.691. The summed E-state index contributed by atoms with van der Waals surface area (Å²) in [4.78, 5) is 0. The summed E-state index contributed by atoms with van der Waals surface area (Å²) in [5, 5.41) is 3.67. The molecule has 0 aliphatic heterocycles. The van der Waals surface area contributed by atoms with Crippen LogP contribution in [0, 0.1) is 5.92 Å². The Morgan fingerprint density at radius 3 is 2.61 bits per heavy atom. The van der Waals surface area contributed by atoms with Crippen molar-refractivity contribution in [2.45, 2.75) is 70.8 Å². The van der Waals surface area contributed by atoms with Crippen molar-refractivity contribution >= 4 is 0 Å². The Morgan fingerprint density at radius 1 is 1.22 bits per heavy atom. The van der Waals surface area contributed by atoms with Gasteiger partial charge in [0.1, 0.15) is 0 Å². The van der Waals surface area contributed by atoms with Gasteiger partial charge in [-0.1, -0.05) is 63.3 Å². The lowest BCUT2D eigenvalue weighted by Crippen LogP contribution is -2.29. The van der Waals surface area contributed by atoms with E-state index in [2.05, 4.69) is 24.9 Å². The molecule has 0 bridgehead atoms. The average molecular weight is 249 g/mol. The Labute approximate surface area is 114 Å². The maximum Gasteiger partial charge on any atom is 0.00413 e. The predicted octanol–water partition coefficient (Wildman–Crippen LogP) is 4.85. The number of rotatable bonds is 8. The first kappa shape index (κ1) is 15.5. The Hall–Kier alpha value is -0.560. The second-order valence-electron chi connectivity index (χ2n) is 5.75. The highest BCUT2D eigenvalue weighted by atomic mass is 14.9. The van der Waals surface area contributed by atoms with E-state index in [1.807, 2.05) is 12.2 Å². The van der Waals surface area contributed by atoms with E-state index in [9.17, 15) is 0 Å². The van der Waals surface area contributed by atoms with Gasteiger partial charge in [0.05, 0.1) is 0 Å². The SMILES string of the molecule is C=C/C=C/CCCNC(C)CC1CCCCCC1. The van der Waals surface area contributed by atoms with Crippen molar-refractivity contribution in [3.63, 3.8) is 0 Å². The van der Waals surface area contributed by atoms with Crippen LogP contribution in [0.3, 0.4) is 0 Å². The van der Waals surface area contributed by atoms with Gasteiger partial charge in [-0.2, -0.15) is 0 Å². The highest BCUT2D eigenvalue weighted by Crippen LogP contribution is 2.26. The number of hydrogen-bond donors (Lipinski definition) is 1. The van der Waals surface area contributed by atoms with Gasteiger partial charge in [-0.3, -0.25) is 0 Å². The summed E-state index contributed by atoms with van der Waals surface area (Å²) in [6.45, 7) is 7.18. The molecule has 0 aromatic rings. The summed E-state index contributed by atoms with van der Waals surface area (Å²) in [6.07, 6.45) is 18.6. The molecule has 104 valence electrons. The lowest BCUT2D eigenvalue weighted by molar-refractivity contribution is 0.364. The quantitative estimate of drug-likeness (QED) is 0.368. The van der Waals surface area contributed by atoms with Crippen LogP contribution in [0.1, 0.15) is 64.7 Å². The Kier molecular flexibility index (Phi) is 8.93. The summed E-state index contributed by atoms with van der Waals surface area (Å²) in [6, 6.07) is 0.691. The second-order valence-corrected chi connectivity index (χ2v) is 5.75. The first-order chi connectivity index (χ1) is 8.83. The monoisotopic (exact) mass is 249 g/mol. The first-order valence-corrected chi connectivity index (χ1v) is 7.84. The van der Waals surface area contributed by atoms with E-state index in [1.165, 1.54) is 51.4 Å². The van der Waals surface area contributed by atoms with Gasteiger partial charge < -0.3 is 5.32 Å². The van der Waals surface area contributed by atoms with Crippen molar-refractivity contribution < 1.29 is 0 Å². The second kappa shape index (κ2) is 10.4. The molecule has 18 heavy (non-hydrogen) atoms. The van der Waals surface area contributed by atoms with E-state index in [0.29, 0.717) is 6.04 Å². The zero-order chi connectivity index (χ0) is 13.1. The third-order valence-corrected chi connectivity index (χ3v) is 3.97. The lowest BCUT2D eigenvalue weighted by Gasteiger charge is -2.20. The molecule has 1 atom stereocenters. The van der Waals surface area contributed by atoms with Crippen LogP contribution < -0.4 is 5.32 Å². The van der Waals surface area contributed by atoms with Gasteiger partial charge in [-0.25, -0.2) is 0 Å². The Bertz CT molecular complexity index is 224. The number of nitrogens with one attached hydrogen (secondary N) is 1. The van der Waals surface area contributed by atoms with Crippen molar-refractivity contribution in [3.05, 3.63) is 24.8 Å². The highest BCUT2D eigenvalue weighted by Gasteiger charge is 2.14. The van der Waals surface area contributed by atoms with Gasteiger partial charge in [0.2, 0.25) is 0 Å². The van der Waals surface area contributed by atoms with Crippen LogP contribution in [-0.4, -0.2) is 12.6 Å². The normalized spacial score (nSPS) is 19.8. The first-order valence-electron chi connectivity index (χ1n) is 7.84. The molecule has 0 aromatic carbocycles. The molecule has 1 unspecified atom stereocenters. The molecule has 0 spiro atoms. The van der Waals surface area contributed by atoms with Gasteiger partial charge >= 0.3 is 0 Å². The average Bonchev–Trinajstić information content (AvgIpc) is 2.62. The van der Waals surface area contributed by atoms with Gasteiger partial charge in [0.25, 0.3) is 0 Å². The van der Waals surface area contributed by atoms with Crippen molar-refractivity contribution in [2.24, 2.45) is 5.92 Å². The maximum atomic E-state index is 3.68. The molecule has 0 aromatic heterocycles. The van der Waals surface area contributed by atoms with Crippen LogP contribution in [0.4, 0.5) is 0 Å². The molecule has 1 heteroatoms. The predicted molar refractivity (Wildman–Crippen MR) is 81.8 cm³/mol. The zero-order valence-electron chi connectivity index (χ0n) is 12.2. The molecule has 1 aliphatic carbocycles. The van der Waals surface area contributed by atoms with E-state index in [1.54, 1.807) is 0 Å². The molecule has 1 saturated carbocycles. The summed E-state index contributed by atoms with van der Waals surface area (Å²) in [5.74, 6) is 0.982. The van der Waals surface area contributed by atoms with Crippen LogP contribution in [0.5, 0.6) is 0 Å². The number of allylic oxidation sites excluding steroid dienone is 3. The third-order valence-electron chi connectivity index (χ3n) is 3.97. The van der Waals surface area contributed by atoms with Crippen molar-refractivity contribution in [1.29, 1.82) is 0 Å². The van der Waals surface area contributed by atoms with Crippen molar-refractivity contribution in [1.82, 2.24) is 5.32 Å². The minimum atomic E-state index is 0.691. The summed E-state index contributed by atoms with van der Waals surface area (Å²) >= 11 is 0. The molecule has 1 rings (SSSR count). The highest BCUT2D eigenvalue weighted by molar-refractivity contribution is 4.96. The smallest absolute Gasteiger partial charge is 0.00413 e. The van der Waals surface area contributed by atoms with Crippen molar-refractivity contribution in [3.8, 4) is 0 Å². The van der Waals surface area contributed by atoms with Crippen LogP contribution >= 0.6 is 0 Å². The van der Waals surface area contributed by atoms with Crippen LogP contribution in [0.25, 0.3) is 0 Å². The van der Waals surface area contributed by atoms with Crippen LogP contribution in [0.15, 0.2) is 24.8 Å². The van der Waals surface area contributed by atoms with Crippen LogP contribution in [-0.2, 0) is 0 Å². The number of hydrogen-bond acceptors (Lipinski definition) is 1. The van der Waals surface area contributed by atoms with Crippen molar-refractivity contribution in [2.75, 3.05) is 6.54 Å². The fraction of sp³-hybridized carbons (Fsp3) is 0.765. The van der Waals surface area contributed by atoms with E-state index in [-0.39, 0.29) is 0 Å². The maximum absolute atomic E-state index is 3.68. The molecular weight excluding hydrogens is 218 g/mol. The van der Waals surface area contributed by atoms with Gasteiger partial charge in [-0.05, 0) is 38.6 Å². The standard InChI is InChI=1S/C17H31N/c1-3-4-5-8-11-14-18-16(2)15-17-12-9-6-7-10-13-17/h3-5,16-18H,1,6-15H2,2H3/b5-4+. The molecule has 1 nitrogen and oxygen atoms in total. The summed E-state index contributed by atoms with van der Waals surface area (Å²) < 4.78 is 0. The molecule has 0 radical (unpaired) electrons.